The van der Waals surface area contributed by atoms with Crippen molar-refractivity contribution in [1.82, 2.24) is 0 Å². The second-order valence-corrected chi connectivity index (χ2v) is 2.90. The molecule has 0 N–H and O–H groups in total. The van der Waals surface area contributed by atoms with Gasteiger partial charge in [0.05, 0.1) is 0 Å². The van der Waals surface area contributed by atoms with E-state index < -0.39 is 0 Å². The molecule has 0 aromatic rings. The second kappa shape index (κ2) is 4.85. The summed E-state index contributed by atoms with van der Waals surface area (Å²) < 4.78 is 0. The van der Waals surface area contributed by atoms with Crippen LogP contribution in [0.1, 0.15) is 19.3 Å². The molecule has 0 spiro atoms. The van der Waals surface area contributed by atoms with Crippen LogP contribution < -0.4 is 0 Å². The predicted molar refractivity (Wildman–Crippen MR) is 38.8 cm³/mol. The molecule has 1 aliphatic rings. The zero-order valence-corrected chi connectivity index (χ0v) is 5.99. The van der Waals surface area contributed by atoms with Crippen LogP contribution in [0.5, 0.6) is 0 Å². The molecule has 0 amide bonds. The van der Waals surface area contributed by atoms with Gasteiger partial charge in [-0.2, -0.15) is 11.8 Å². The third kappa shape index (κ3) is 3.30. The monoisotopic (exact) mass is 134 g/mol. The van der Waals surface area contributed by atoms with Crippen LogP contribution >= 0.6 is 25.3 Å². The van der Waals surface area contributed by atoms with Crippen molar-refractivity contribution in [3.63, 3.8) is 0 Å². The number of rotatable bonds is 0. The van der Waals surface area contributed by atoms with Gasteiger partial charge in [0.15, 0.2) is 0 Å². The zero-order chi connectivity index (χ0) is 4.24. The largest absolute Gasteiger partial charge is 0.162 e. The highest BCUT2D eigenvalue weighted by Crippen LogP contribution is 2.14. The Bertz CT molecular complexity index is 21.6. The maximum atomic E-state index is 2.09. The molecular formula is C5H10S2. The molecule has 0 atom stereocenters. The minimum absolute atomic E-state index is 0. The van der Waals surface area contributed by atoms with Crippen molar-refractivity contribution >= 4 is 25.3 Å². The minimum Gasteiger partial charge on any atom is -0.162 e. The normalized spacial score (nSPS) is 20.6. The Hall–Kier alpha value is 0.700. The summed E-state index contributed by atoms with van der Waals surface area (Å²) in [6.07, 6.45) is 4.41. The Morgan fingerprint density at radius 1 is 0.857 bits per heavy atom. The molecule has 0 nitrogen and oxygen atoms in total. The third-order valence-electron chi connectivity index (χ3n) is 1.08. The molecule has 1 saturated heterocycles. The lowest BCUT2D eigenvalue weighted by Crippen LogP contribution is -1.91. The average molecular weight is 134 g/mol. The fraction of sp³-hybridized carbons (Fsp3) is 1.00. The highest BCUT2D eigenvalue weighted by atomic mass is 32.2. The standard InChI is InChI=1S/C5H10S.S/c1-2-4-6-5-3-1;/h1-5H2;. The summed E-state index contributed by atoms with van der Waals surface area (Å²) >= 11 is 2.09. The summed E-state index contributed by atoms with van der Waals surface area (Å²) in [5.41, 5.74) is 0. The summed E-state index contributed by atoms with van der Waals surface area (Å²) in [4.78, 5) is 0. The topological polar surface area (TPSA) is 0 Å². The van der Waals surface area contributed by atoms with Crippen LogP contribution in [0.15, 0.2) is 0 Å². The Labute approximate surface area is 56.5 Å². The van der Waals surface area contributed by atoms with E-state index in [4.69, 9.17) is 0 Å². The fourth-order valence-corrected chi connectivity index (χ4v) is 1.71. The van der Waals surface area contributed by atoms with Gasteiger partial charge >= 0.3 is 0 Å². The summed E-state index contributed by atoms with van der Waals surface area (Å²) in [7, 11) is 0. The molecule has 1 aliphatic heterocycles. The first-order valence-corrected chi connectivity index (χ1v) is 3.73. The Balaban J connectivity index is 0.000000360. The first-order valence-electron chi connectivity index (χ1n) is 2.58. The van der Waals surface area contributed by atoms with Gasteiger partial charge in [0.1, 0.15) is 0 Å². The molecule has 7 heavy (non-hydrogen) atoms. The van der Waals surface area contributed by atoms with E-state index in [1.54, 1.807) is 0 Å². The quantitative estimate of drug-likeness (QED) is 0.490. The van der Waals surface area contributed by atoms with Crippen molar-refractivity contribution in [1.29, 1.82) is 0 Å². The molecule has 42 valence electrons. The summed E-state index contributed by atoms with van der Waals surface area (Å²) in [6, 6.07) is 0. The van der Waals surface area contributed by atoms with Crippen LogP contribution in [0.4, 0.5) is 0 Å². The molecule has 0 unspecified atom stereocenters. The molecule has 2 heteroatoms. The molecule has 0 bridgehead atoms. The van der Waals surface area contributed by atoms with Gasteiger partial charge in [-0.3, -0.25) is 0 Å². The average Bonchev–Trinajstić information content (AvgIpc) is 1.72. The lowest BCUT2D eigenvalue weighted by Gasteiger charge is -2.05. The van der Waals surface area contributed by atoms with E-state index in [-0.39, 0.29) is 13.5 Å². The maximum absolute atomic E-state index is 2.09. The molecular weight excluding hydrogens is 124 g/mol. The van der Waals surface area contributed by atoms with Gasteiger partial charge in [0.2, 0.25) is 0 Å². The van der Waals surface area contributed by atoms with Gasteiger partial charge in [0.25, 0.3) is 0 Å². The minimum atomic E-state index is 0. The number of thioether (sulfide) groups is 1. The highest BCUT2D eigenvalue weighted by Gasteiger charge is 1.95. The van der Waals surface area contributed by atoms with Crippen molar-refractivity contribution < 1.29 is 0 Å². The first kappa shape index (κ1) is 7.70. The molecule has 1 fully saturated rings. The molecule has 0 aromatic heterocycles. The Kier molecular flexibility index (Phi) is 5.33. The summed E-state index contributed by atoms with van der Waals surface area (Å²) in [5.74, 6) is 2.83. The lowest BCUT2D eigenvalue weighted by molar-refractivity contribution is 0.764. The van der Waals surface area contributed by atoms with Gasteiger partial charge < -0.3 is 0 Å². The van der Waals surface area contributed by atoms with Crippen LogP contribution in [0.2, 0.25) is 0 Å². The first-order chi connectivity index (χ1) is 3.00. The van der Waals surface area contributed by atoms with Crippen LogP contribution in [0.25, 0.3) is 0 Å². The van der Waals surface area contributed by atoms with E-state index in [9.17, 15) is 0 Å². The lowest BCUT2D eigenvalue weighted by atomic mass is 10.3. The molecule has 1 rings (SSSR count). The van der Waals surface area contributed by atoms with Gasteiger partial charge in [0, 0.05) is 13.5 Å². The van der Waals surface area contributed by atoms with Gasteiger partial charge in [-0.25, -0.2) is 0 Å². The third-order valence-corrected chi connectivity index (χ3v) is 2.23. The second-order valence-electron chi connectivity index (χ2n) is 1.67. The van der Waals surface area contributed by atoms with Gasteiger partial charge in [-0.05, 0) is 24.3 Å². The summed E-state index contributed by atoms with van der Waals surface area (Å²) in [6.45, 7) is 0. The number of hydrogen-bond acceptors (Lipinski definition) is 1. The van der Waals surface area contributed by atoms with Crippen LogP contribution in [0, 0.1) is 0 Å². The molecule has 0 saturated carbocycles. The van der Waals surface area contributed by atoms with E-state index >= 15 is 0 Å². The Morgan fingerprint density at radius 2 is 1.43 bits per heavy atom. The van der Waals surface area contributed by atoms with E-state index in [1.165, 1.54) is 30.8 Å². The van der Waals surface area contributed by atoms with E-state index in [2.05, 4.69) is 11.8 Å². The SMILES string of the molecule is C1CCSCC1.[S]. The van der Waals surface area contributed by atoms with Gasteiger partial charge in [-0.15, -0.1) is 0 Å². The fourth-order valence-electron chi connectivity index (χ4n) is 0.687. The number of hydrogen-bond donors (Lipinski definition) is 0. The van der Waals surface area contributed by atoms with Crippen LogP contribution in [-0.4, -0.2) is 11.5 Å². The molecule has 0 aliphatic carbocycles. The van der Waals surface area contributed by atoms with Crippen molar-refractivity contribution in [2.24, 2.45) is 0 Å². The van der Waals surface area contributed by atoms with Crippen molar-refractivity contribution in [2.45, 2.75) is 19.3 Å². The molecule has 2 radical (unpaired) electrons. The smallest absolute Gasteiger partial charge is 0 e. The highest BCUT2D eigenvalue weighted by molar-refractivity contribution is 7.99. The maximum Gasteiger partial charge on any atom is 0 e. The van der Waals surface area contributed by atoms with Crippen LogP contribution in [-0.2, 0) is 0 Å². The molecule has 0 aromatic carbocycles. The van der Waals surface area contributed by atoms with E-state index in [1.807, 2.05) is 0 Å². The van der Waals surface area contributed by atoms with E-state index in [0.29, 0.717) is 0 Å². The Morgan fingerprint density at radius 3 is 1.57 bits per heavy atom. The van der Waals surface area contributed by atoms with Crippen LogP contribution in [0.3, 0.4) is 0 Å². The van der Waals surface area contributed by atoms with Gasteiger partial charge in [-0.1, -0.05) is 6.42 Å². The van der Waals surface area contributed by atoms with Crippen molar-refractivity contribution in [3.05, 3.63) is 0 Å². The van der Waals surface area contributed by atoms with Crippen molar-refractivity contribution in [2.75, 3.05) is 11.5 Å². The molecule has 1 heterocycles. The van der Waals surface area contributed by atoms with Crippen molar-refractivity contribution in [3.8, 4) is 0 Å². The zero-order valence-electron chi connectivity index (χ0n) is 4.35. The van der Waals surface area contributed by atoms with E-state index in [0.717, 1.165) is 0 Å². The summed E-state index contributed by atoms with van der Waals surface area (Å²) in [5, 5.41) is 0. The predicted octanol–water partition coefficient (Wildman–Crippen LogP) is 2.55.